The molecule has 1 fully saturated rings. The maximum Gasteiger partial charge on any atom is 0.331 e. The normalized spacial score (nSPS) is 17.0. The smallest absolute Gasteiger partial charge is 0.331 e. The molecule has 2 aliphatic rings. The van der Waals surface area contributed by atoms with E-state index in [1.807, 2.05) is 18.2 Å². The van der Waals surface area contributed by atoms with Crippen LogP contribution >= 0.6 is 11.3 Å². The molecule has 5 rings (SSSR count). The second kappa shape index (κ2) is 8.55. The maximum atomic E-state index is 13.1. The first-order chi connectivity index (χ1) is 15.6. The van der Waals surface area contributed by atoms with E-state index in [0.717, 1.165) is 37.6 Å². The van der Waals surface area contributed by atoms with E-state index in [2.05, 4.69) is 15.9 Å². The zero-order valence-corrected chi connectivity index (χ0v) is 18.9. The number of Topliss-reactive ketones (excluding diaryl/α,β-unsaturated/α-hetero) is 1. The van der Waals surface area contributed by atoms with Gasteiger partial charge in [0.1, 0.15) is 5.75 Å². The molecule has 0 radical (unpaired) electrons. The number of nitrogens with zero attached hydrogens (tertiary/aromatic N) is 4. The van der Waals surface area contributed by atoms with Crippen LogP contribution in [-0.4, -0.2) is 59.7 Å². The highest BCUT2D eigenvalue weighted by molar-refractivity contribution is 7.13. The second-order valence-electron chi connectivity index (χ2n) is 8.25. The lowest BCUT2D eigenvalue weighted by atomic mass is 10.2. The first-order valence-corrected chi connectivity index (χ1v) is 11.8. The summed E-state index contributed by atoms with van der Waals surface area (Å²) in [6.07, 6.45) is 1.04. The zero-order valence-electron chi connectivity index (χ0n) is 18.1. The van der Waals surface area contributed by atoms with Crippen LogP contribution in [0.2, 0.25) is 0 Å². The Morgan fingerprint density at radius 3 is 2.56 bits per heavy atom. The van der Waals surface area contributed by atoms with Crippen LogP contribution in [0.3, 0.4) is 0 Å². The van der Waals surface area contributed by atoms with Gasteiger partial charge >= 0.3 is 5.69 Å². The van der Waals surface area contributed by atoms with Crippen molar-refractivity contribution in [3.05, 3.63) is 55.4 Å². The molecule has 0 unspecified atom stereocenters. The molecule has 0 N–H and O–H groups in total. The van der Waals surface area contributed by atoms with Gasteiger partial charge in [-0.2, -0.15) is 0 Å². The van der Waals surface area contributed by atoms with Crippen molar-refractivity contribution in [1.82, 2.24) is 14.0 Å². The number of anilines is 1. The van der Waals surface area contributed by atoms with Gasteiger partial charge in [0.2, 0.25) is 0 Å². The topological polar surface area (TPSA) is 76.8 Å². The molecule has 0 atom stereocenters. The Morgan fingerprint density at radius 1 is 1.00 bits per heavy atom. The van der Waals surface area contributed by atoms with Crippen molar-refractivity contribution in [1.29, 1.82) is 0 Å². The van der Waals surface area contributed by atoms with E-state index in [1.165, 1.54) is 15.9 Å². The Balaban J connectivity index is 1.32. The minimum absolute atomic E-state index is 0.0284. The molecule has 4 heterocycles. The molecule has 9 heteroatoms. The Bertz CT molecular complexity index is 1280. The van der Waals surface area contributed by atoms with Crippen molar-refractivity contribution < 1.29 is 9.53 Å². The number of ether oxygens (including phenoxy) is 1. The van der Waals surface area contributed by atoms with Gasteiger partial charge in [-0.1, -0.05) is 12.1 Å². The van der Waals surface area contributed by atoms with Gasteiger partial charge in [0.05, 0.1) is 28.6 Å². The van der Waals surface area contributed by atoms with Gasteiger partial charge in [0, 0.05) is 57.6 Å². The van der Waals surface area contributed by atoms with E-state index in [1.54, 1.807) is 17.1 Å². The van der Waals surface area contributed by atoms with Crippen LogP contribution in [0.1, 0.15) is 22.5 Å². The Kier molecular flexibility index (Phi) is 5.60. The van der Waals surface area contributed by atoms with Crippen molar-refractivity contribution in [2.24, 2.45) is 0 Å². The van der Waals surface area contributed by atoms with E-state index in [-0.39, 0.29) is 17.0 Å². The summed E-state index contributed by atoms with van der Waals surface area (Å²) in [6.45, 7) is 4.87. The van der Waals surface area contributed by atoms with Crippen molar-refractivity contribution in [3.63, 3.8) is 0 Å². The molecular formula is C23H26N4O4S. The van der Waals surface area contributed by atoms with E-state index in [4.69, 9.17) is 4.74 Å². The Hall–Kier alpha value is -2.91. The van der Waals surface area contributed by atoms with E-state index in [0.29, 0.717) is 48.3 Å². The summed E-state index contributed by atoms with van der Waals surface area (Å²) in [5.74, 6) is 0.896. The van der Waals surface area contributed by atoms with Crippen molar-refractivity contribution in [3.8, 4) is 5.75 Å². The summed E-state index contributed by atoms with van der Waals surface area (Å²) in [5.41, 5.74) is 1.04. The highest BCUT2D eigenvalue weighted by atomic mass is 32.1. The predicted octanol–water partition coefficient (Wildman–Crippen LogP) is 2.03. The summed E-state index contributed by atoms with van der Waals surface area (Å²) >= 11 is 1.28. The van der Waals surface area contributed by atoms with E-state index in [9.17, 15) is 14.4 Å². The zero-order chi connectivity index (χ0) is 22.2. The molecule has 0 aliphatic carbocycles. The number of methoxy groups -OCH3 is 1. The van der Waals surface area contributed by atoms with Crippen LogP contribution in [0.25, 0.3) is 10.9 Å². The number of benzene rings is 1. The number of aromatic nitrogens is 2. The summed E-state index contributed by atoms with van der Waals surface area (Å²) < 4.78 is 8.47. The average molecular weight is 455 g/mol. The molecule has 2 aromatic heterocycles. The molecule has 0 amide bonds. The quantitative estimate of drug-likeness (QED) is 0.587. The minimum Gasteiger partial charge on any atom is -0.495 e. The lowest BCUT2D eigenvalue weighted by molar-refractivity contribution is 0.0986. The van der Waals surface area contributed by atoms with Gasteiger partial charge in [0.15, 0.2) is 5.78 Å². The number of carbonyl (C=O) groups is 1. The van der Waals surface area contributed by atoms with Crippen LogP contribution in [-0.2, 0) is 13.1 Å². The SMILES string of the molecule is COc1ccccc1N1CCN(CCn2c(=O)c3csc4c3n(c2=O)CCCC4=O)CC1. The van der Waals surface area contributed by atoms with Crippen LogP contribution in [0.4, 0.5) is 5.69 Å². The number of ketones is 1. The minimum atomic E-state index is -0.301. The summed E-state index contributed by atoms with van der Waals surface area (Å²) in [5, 5.41) is 2.22. The summed E-state index contributed by atoms with van der Waals surface area (Å²) in [6, 6.07) is 8.01. The maximum absolute atomic E-state index is 13.1. The van der Waals surface area contributed by atoms with Crippen molar-refractivity contribution >= 4 is 33.7 Å². The predicted molar refractivity (Wildman–Crippen MR) is 126 cm³/mol. The molecule has 3 aromatic rings. The Morgan fingerprint density at radius 2 is 1.78 bits per heavy atom. The lowest BCUT2D eigenvalue weighted by Crippen LogP contribution is -2.49. The van der Waals surface area contributed by atoms with Gasteiger partial charge in [0.25, 0.3) is 5.56 Å². The number of hydrogen-bond acceptors (Lipinski definition) is 7. The first-order valence-electron chi connectivity index (χ1n) is 11.0. The largest absolute Gasteiger partial charge is 0.495 e. The number of para-hydroxylation sites is 2. The fourth-order valence-electron chi connectivity index (χ4n) is 4.70. The van der Waals surface area contributed by atoms with Gasteiger partial charge < -0.3 is 9.64 Å². The lowest BCUT2D eigenvalue weighted by Gasteiger charge is -2.36. The van der Waals surface area contributed by atoms with Gasteiger partial charge in [-0.05, 0) is 18.6 Å². The summed E-state index contributed by atoms with van der Waals surface area (Å²) in [4.78, 5) is 43.7. The van der Waals surface area contributed by atoms with E-state index < -0.39 is 0 Å². The van der Waals surface area contributed by atoms with E-state index >= 15 is 0 Å². The monoisotopic (exact) mass is 454 g/mol. The van der Waals surface area contributed by atoms with Crippen molar-refractivity contribution in [2.75, 3.05) is 44.7 Å². The number of aryl methyl sites for hydroxylation is 1. The molecule has 1 aromatic carbocycles. The van der Waals surface area contributed by atoms with Crippen molar-refractivity contribution in [2.45, 2.75) is 25.9 Å². The standard InChI is InChI=1S/C23H26N4O4S/c1-31-19-7-3-2-5-17(19)25-12-9-24(10-13-25)11-14-27-22(29)16-15-32-21-18(28)6-4-8-26(20(16)21)23(27)30/h2-3,5,7,15H,4,6,8-14H2,1H3. The molecule has 0 saturated carbocycles. The molecule has 1 saturated heterocycles. The average Bonchev–Trinajstić information content (AvgIpc) is 3.19. The van der Waals surface area contributed by atoms with Gasteiger partial charge in [-0.3, -0.25) is 23.6 Å². The molecule has 0 bridgehead atoms. The third kappa shape index (κ3) is 3.55. The third-order valence-electron chi connectivity index (χ3n) is 6.45. The second-order valence-corrected chi connectivity index (χ2v) is 9.13. The number of hydrogen-bond donors (Lipinski definition) is 0. The van der Waals surface area contributed by atoms with Crippen LogP contribution < -0.4 is 20.9 Å². The Labute approximate surface area is 189 Å². The highest BCUT2D eigenvalue weighted by Gasteiger charge is 2.25. The molecule has 0 spiro atoms. The van der Waals surface area contributed by atoms with Crippen LogP contribution in [0, 0.1) is 0 Å². The van der Waals surface area contributed by atoms with Crippen LogP contribution in [0.15, 0.2) is 39.2 Å². The molecule has 2 aliphatic heterocycles. The molecule has 8 nitrogen and oxygen atoms in total. The first kappa shape index (κ1) is 21.0. The summed E-state index contributed by atoms with van der Waals surface area (Å²) in [7, 11) is 1.68. The molecule has 168 valence electrons. The van der Waals surface area contributed by atoms with Crippen LogP contribution in [0.5, 0.6) is 5.75 Å². The van der Waals surface area contributed by atoms with Gasteiger partial charge in [-0.25, -0.2) is 4.79 Å². The third-order valence-corrected chi connectivity index (χ3v) is 7.46. The number of rotatable bonds is 5. The number of piperazine rings is 1. The highest BCUT2D eigenvalue weighted by Crippen LogP contribution is 2.29. The number of thiophene rings is 1. The molecule has 32 heavy (non-hydrogen) atoms. The fourth-order valence-corrected chi connectivity index (χ4v) is 5.72. The fraction of sp³-hybridized carbons (Fsp3) is 0.435. The molecular weight excluding hydrogens is 428 g/mol. The van der Waals surface area contributed by atoms with Gasteiger partial charge in [-0.15, -0.1) is 11.3 Å². The number of carbonyl (C=O) groups excluding carboxylic acids is 1.